The van der Waals surface area contributed by atoms with Crippen LogP contribution in [0.5, 0.6) is 0 Å². The van der Waals surface area contributed by atoms with Crippen LogP contribution in [0.1, 0.15) is 40.2 Å². The smallest absolute Gasteiger partial charge is 0.293 e. The van der Waals surface area contributed by atoms with Gasteiger partial charge in [-0.2, -0.15) is 0 Å². The zero-order valence-corrected chi connectivity index (χ0v) is 16.0. The fourth-order valence-electron chi connectivity index (χ4n) is 2.36. The maximum absolute atomic E-state index is 12.4. The molecule has 0 aliphatic rings. The highest BCUT2D eigenvalue weighted by Crippen LogP contribution is 2.11. The van der Waals surface area contributed by atoms with E-state index in [0.717, 1.165) is 5.56 Å². The van der Waals surface area contributed by atoms with Gasteiger partial charge in [0.15, 0.2) is 0 Å². The summed E-state index contributed by atoms with van der Waals surface area (Å²) in [5.41, 5.74) is 1.42. The molecule has 0 unspecified atom stereocenters. The summed E-state index contributed by atoms with van der Waals surface area (Å²) in [4.78, 5) is 34.9. The lowest BCUT2D eigenvalue weighted by Crippen LogP contribution is -2.53. The lowest BCUT2D eigenvalue weighted by atomic mass is 10.0. The normalized spacial score (nSPS) is 13.2. The number of amides is 2. The summed E-state index contributed by atoms with van der Waals surface area (Å²) in [6.07, 6.45) is 0. The average Bonchev–Trinajstić information content (AvgIpc) is 2.58. The standard InChI is InChI=1S/C19H29N3O4/c1-12(2)17(20-13(3)4)19(25)21-14(5)18(24)22-16-8-6-15(7-9-16)10-26-11-23/h6-9,11-14,17,20H,10H2,1-5H3,(H,21,25)(H,22,24)/t14-,17-/m0/s1. The Morgan fingerprint density at radius 3 is 2.15 bits per heavy atom. The third-order valence-corrected chi connectivity index (χ3v) is 3.75. The van der Waals surface area contributed by atoms with Gasteiger partial charge >= 0.3 is 0 Å². The molecule has 0 spiro atoms. The van der Waals surface area contributed by atoms with Crippen LogP contribution >= 0.6 is 0 Å². The van der Waals surface area contributed by atoms with Gasteiger partial charge in [0.2, 0.25) is 11.8 Å². The highest BCUT2D eigenvalue weighted by molar-refractivity contribution is 5.97. The second kappa shape index (κ2) is 10.6. The van der Waals surface area contributed by atoms with E-state index in [2.05, 4.69) is 20.7 Å². The van der Waals surface area contributed by atoms with Crippen LogP contribution in [0.2, 0.25) is 0 Å². The summed E-state index contributed by atoms with van der Waals surface area (Å²) in [5.74, 6) is -0.395. The molecular formula is C19H29N3O4. The molecule has 0 aromatic heterocycles. The monoisotopic (exact) mass is 363 g/mol. The Kier molecular flexibility index (Phi) is 8.78. The fraction of sp³-hybridized carbons (Fsp3) is 0.526. The van der Waals surface area contributed by atoms with Gasteiger partial charge in [-0.15, -0.1) is 0 Å². The number of carbonyl (C=O) groups is 3. The first-order chi connectivity index (χ1) is 12.2. The zero-order chi connectivity index (χ0) is 19.7. The zero-order valence-electron chi connectivity index (χ0n) is 16.0. The van der Waals surface area contributed by atoms with Crippen LogP contribution in [-0.2, 0) is 25.7 Å². The van der Waals surface area contributed by atoms with Crippen molar-refractivity contribution in [3.05, 3.63) is 29.8 Å². The molecule has 144 valence electrons. The molecule has 26 heavy (non-hydrogen) atoms. The molecule has 0 aliphatic carbocycles. The van der Waals surface area contributed by atoms with Crippen LogP contribution in [-0.4, -0.2) is 36.4 Å². The number of ether oxygens (including phenoxy) is 1. The molecule has 1 aromatic carbocycles. The number of rotatable bonds is 10. The van der Waals surface area contributed by atoms with Gasteiger partial charge in [-0.3, -0.25) is 14.4 Å². The second-order valence-corrected chi connectivity index (χ2v) is 6.87. The van der Waals surface area contributed by atoms with E-state index >= 15 is 0 Å². The van der Waals surface area contributed by atoms with E-state index in [1.54, 1.807) is 31.2 Å². The number of anilines is 1. The van der Waals surface area contributed by atoms with Crippen molar-refractivity contribution in [2.24, 2.45) is 5.92 Å². The van der Waals surface area contributed by atoms with Crippen LogP contribution in [0.15, 0.2) is 24.3 Å². The van der Waals surface area contributed by atoms with Crippen LogP contribution < -0.4 is 16.0 Å². The SMILES string of the molecule is CC(C)N[C@H](C(=O)N[C@@H](C)C(=O)Nc1ccc(COC=O)cc1)C(C)C. The van der Waals surface area contributed by atoms with Crippen LogP contribution in [0, 0.1) is 5.92 Å². The van der Waals surface area contributed by atoms with E-state index < -0.39 is 6.04 Å². The van der Waals surface area contributed by atoms with Gasteiger partial charge in [0.1, 0.15) is 12.6 Å². The minimum Gasteiger partial charge on any atom is -0.463 e. The molecule has 0 fully saturated rings. The van der Waals surface area contributed by atoms with Crippen molar-refractivity contribution in [1.29, 1.82) is 0 Å². The summed E-state index contributed by atoms with van der Waals surface area (Å²) in [6.45, 7) is 10.1. The van der Waals surface area contributed by atoms with Crippen molar-refractivity contribution in [3.63, 3.8) is 0 Å². The van der Waals surface area contributed by atoms with Crippen molar-refractivity contribution >= 4 is 24.0 Å². The first kappa shape index (κ1) is 21.6. The molecule has 2 atom stereocenters. The molecule has 0 saturated carbocycles. The molecule has 0 saturated heterocycles. The predicted octanol–water partition coefficient (Wildman–Crippen LogP) is 1.83. The van der Waals surface area contributed by atoms with Crippen LogP contribution in [0.25, 0.3) is 0 Å². The summed E-state index contributed by atoms with van der Waals surface area (Å²) in [7, 11) is 0. The number of hydrogen-bond donors (Lipinski definition) is 3. The Hall–Kier alpha value is -2.41. The molecule has 2 amide bonds. The van der Waals surface area contributed by atoms with Crippen molar-refractivity contribution in [1.82, 2.24) is 10.6 Å². The summed E-state index contributed by atoms with van der Waals surface area (Å²) in [5, 5.41) is 8.72. The molecule has 0 heterocycles. The highest BCUT2D eigenvalue weighted by atomic mass is 16.5. The van der Waals surface area contributed by atoms with E-state index in [1.165, 1.54) is 0 Å². The largest absolute Gasteiger partial charge is 0.463 e. The molecule has 3 N–H and O–H groups in total. The van der Waals surface area contributed by atoms with Gasteiger partial charge < -0.3 is 20.7 Å². The third kappa shape index (κ3) is 7.23. The minimum atomic E-state index is -0.671. The molecule has 7 heteroatoms. The topological polar surface area (TPSA) is 96.5 Å². The van der Waals surface area contributed by atoms with E-state index in [4.69, 9.17) is 0 Å². The first-order valence-electron chi connectivity index (χ1n) is 8.76. The van der Waals surface area contributed by atoms with Gasteiger partial charge in [0, 0.05) is 11.7 Å². The lowest BCUT2D eigenvalue weighted by Gasteiger charge is -2.25. The molecule has 0 radical (unpaired) electrons. The van der Waals surface area contributed by atoms with E-state index in [1.807, 2.05) is 27.7 Å². The van der Waals surface area contributed by atoms with E-state index in [0.29, 0.717) is 12.2 Å². The molecular weight excluding hydrogens is 334 g/mol. The maximum atomic E-state index is 12.4. The van der Waals surface area contributed by atoms with Crippen molar-refractivity contribution in [2.45, 2.75) is 59.4 Å². The first-order valence-corrected chi connectivity index (χ1v) is 8.76. The Morgan fingerprint density at radius 2 is 1.65 bits per heavy atom. The summed E-state index contributed by atoms with van der Waals surface area (Å²) < 4.78 is 4.67. The number of carbonyl (C=O) groups excluding carboxylic acids is 3. The van der Waals surface area contributed by atoms with E-state index in [9.17, 15) is 14.4 Å². The van der Waals surface area contributed by atoms with Gasteiger partial charge in [0.05, 0.1) is 6.04 Å². The number of benzene rings is 1. The number of nitrogens with one attached hydrogen (secondary N) is 3. The molecule has 7 nitrogen and oxygen atoms in total. The van der Waals surface area contributed by atoms with Gasteiger partial charge in [-0.25, -0.2) is 0 Å². The third-order valence-electron chi connectivity index (χ3n) is 3.75. The molecule has 0 aliphatic heterocycles. The van der Waals surface area contributed by atoms with Crippen LogP contribution in [0.3, 0.4) is 0 Å². The quantitative estimate of drug-likeness (QED) is 0.551. The summed E-state index contributed by atoms with van der Waals surface area (Å²) >= 11 is 0. The van der Waals surface area contributed by atoms with Crippen molar-refractivity contribution < 1.29 is 19.1 Å². The van der Waals surface area contributed by atoms with Gasteiger partial charge in [0.25, 0.3) is 6.47 Å². The highest BCUT2D eigenvalue weighted by Gasteiger charge is 2.25. The Labute approximate surface area is 154 Å². The fourth-order valence-corrected chi connectivity index (χ4v) is 2.36. The van der Waals surface area contributed by atoms with Crippen LogP contribution in [0.4, 0.5) is 5.69 Å². The van der Waals surface area contributed by atoms with Crippen molar-refractivity contribution in [3.8, 4) is 0 Å². The molecule has 0 bridgehead atoms. The van der Waals surface area contributed by atoms with Crippen molar-refractivity contribution in [2.75, 3.05) is 5.32 Å². The Balaban J connectivity index is 2.60. The summed E-state index contributed by atoms with van der Waals surface area (Å²) in [6, 6.07) is 6.07. The molecule has 1 aromatic rings. The van der Waals surface area contributed by atoms with Gasteiger partial charge in [-0.05, 0) is 30.5 Å². The Bertz CT molecular complexity index is 599. The van der Waals surface area contributed by atoms with E-state index in [-0.39, 0.29) is 36.4 Å². The average molecular weight is 363 g/mol. The van der Waals surface area contributed by atoms with Gasteiger partial charge in [-0.1, -0.05) is 39.8 Å². The molecule has 1 rings (SSSR count). The Morgan fingerprint density at radius 1 is 1.04 bits per heavy atom. The number of hydrogen-bond acceptors (Lipinski definition) is 5. The lowest BCUT2D eigenvalue weighted by molar-refractivity contribution is -0.129. The predicted molar refractivity (Wildman–Crippen MR) is 100 cm³/mol. The minimum absolute atomic E-state index is 0.105. The maximum Gasteiger partial charge on any atom is 0.293 e. The second-order valence-electron chi connectivity index (χ2n) is 6.87.